The third-order valence-corrected chi connectivity index (χ3v) is 3.67. The Hall–Kier alpha value is -0.235. The van der Waals surface area contributed by atoms with E-state index in [1.54, 1.807) is 0 Å². The van der Waals surface area contributed by atoms with Gasteiger partial charge in [-0.3, -0.25) is 0 Å². The molecule has 1 fully saturated rings. The van der Waals surface area contributed by atoms with Crippen molar-refractivity contribution >= 4 is 28.1 Å². The Morgan fingerprint density at radius 2 is 1.85 bits per heavy atom. The van der Waals surface area contributed by atoms with E-state index in [9.17, 15) is 0 Å². The SMILES string of the molecule is CC1(C)CB(c2ccccc2Br)C1. The number of rotatable bonds is 1. The van der Waals surface area contributed by atoms with E-state index in [1.165, 1.54) is 22.6 Å². The van der Waals surface area contributed by atoms with Crippen LogP contribution in [0.15, 0.2) is 28.7 Å². The minimum Gasteiger partial charge on any atom is -0.0667 e. The van der Waals surface area contributed by atoms with Crippen molar-refractivity contribution in [3.63, 3.8) is 0 Å². The Bertz CT molecular complexity index is 312. The Morgan fingerprint density at radius 3 is 2.38 bits per heavy atom. The van der Waals surface area contributed by atoms with Crippen LogP contribution in [0.2, 0.25) is 12.6 Å². The second-order valence-electron chi connectivity index (χ2n) is 4.79. The molecule has 0 N–H and O–H groups in total. The first-order chi connectivity index (χ1) is 6.08. The van der Waals surface area contributed by atoms with E-state index in [-0.39, 0.29) is 0 Å². The second-order valence-corrected chi connectivity index (χ2v) is 5.65. The second kappa shape index (κ2) is 3.16. The molecule has 0 unspecified atom stereocenters. The molecule has 0 aliphatic carbocycles. The predicted octanol–water partition coefficient (Wildman–Crippen LogP) is 3.19. The van der Waals surface area contributed by atoms with Crippen LogP contribution in [-0.2, 0) is 0 Å². The average molecular weight is 237 g/mol. The molecular weight excluding hydrogens is 223 g/mol. The summed E-state index contributed by atoms with van der Waals surface area (Å²) >= 11 is 3.61. The maximum atomic E-state index is 3.61. The van der Waals surface area contributed by atoms with Gasteiger partial charge in [0, 0.05) is 4.47 Å². The zero-order chi connectivity index (χ0) is 9.47. The van der Waals surface area contributed by atoms with Gasteiger partial charge in [-0.1, -0.05) is 66.1 Å². The molecule has 2 rings (SSSR count). The molecule has 0 bridgehead atoms. The van der Waals surface area contributed by atoms with Crippen LogP contribution in [0.5, 0.6) is 0 Å². The molecule has 0 saturated carbocycles. The van der Waals surface area contributed by atoms with Crippen LogP contribution in [0.1, 0.15) is 13.8 Å². The Labute approximate surface area is 88.9 Å². The van der Waals surface area contributed by atoms with Gasteiger partial charge in [0.2, 0.25) is 0 Å². The highest BCUT2D eigenvalue weighted by Crippen LogP contribution is 2.41. The van der Waals surface area contributed by atoms with Gasteiger partial charge in [0.05, 0.1) is 0 Å². The molecule has 1 aliphatic rings. The van der Waals surface area contributed by atoms with Crippen molar-refractivity contribution in [2.24, 2.45) is 5.41 Å². The summed E-state index contributed by atoms with van der Waals surface area (Å²) in [6.07, 6.45) is 2.66. The number of halogens is 1. The van der Waals surface area contributed by atoms with Crippen molar-refractivity contribution in [2.75, 3.05) is 0 Å². The Kier molecular flexibility index (Phi) is 2.27. The summed E-state index contributed by atoms with van der Waals surface area (Å²) in [5.74, 6) is 0. The van der Waals surface area contributed by atoms with Gasteiger partial charge in [0.1, 0.15) is 0 Å². The van der Waals surface area contributed by atoms with Gasteiger partial charge < -0.3 is 0 Å². The lowest BCUT2D eigenvalue weighted by Gasteiger charge is -2.41. The fourth-order valence-electron chi connectivity index (χ4n) is 2.30. The fraction of sp³-hybridized carbons (Fsp3) is 0.455. The van der Waals surface area contributed by atoms with Gasteiger partial charge >= 0.3 is 0 Å². The van der Waals surface area contributed by atoms with Crippen LogP contribution in [0.4, 0.5) is 0 Å². The molecule has 1 aromatic rings. The smallest absolute Gasteiger partial charge is 0.0667 e. The van der Waals surface area contributed by atoms with Crippen LogP contribution in [0, 0.1) is 5.41 Å². The van der Waals surface area contributed by atoms with Gasteiger partial charge in [0.15, 0.2) is 6.71 Å². The molecule has 0 atom stereocenters. The van der Waals surface area contributed by atoms with Gasteiger partial charge in [-0.15, -0.1) is 0 Å². The predicted molar refractivity (Wildman–Crippen MR) is 62.9 cm³/mol. The molecule has 1 aliphatic heterocycles. The summed E-state index contributed by atoms with van der Waals surface area (Å²) in [4.78, 5) is 0. The molecule has 1 aromatic carbocycles. The molecule has 2 heteroatoms. The average Bonchev–Trinajstić information content (AvgIpc) is 2.01. The molecule has 13 heavy (non-hydrogen) atoms. The molecule has 1 heterocycles. The van der Waals surface area contributed by atoms with Crippen molar-refractivity contribution in [3.05, 3.63) is 28.7 Å². The van der Waals surface area contributed by atoms with Crippen LogP contribution in [-0.4, -0.2) is 6.71 Å². The highest BCUT2D eigenvalue weighted by atomic mass is 79.9. The van der Waals surface area contributed by atoms with Crippen LogP contribution in [0.3, 0.4) is 0 Å². The lowest BCUT2D eigenvalue weighted by molar-refractivity contribution is 0.415. The monoisotopic (exact) mass is 236 g/mol. The summed E-state index contributed by atoms with van der Waals surface area (Å²) in [6.45, 7) is 5.48. The minimum absolute atomic E-state index is 0.569. The zero-order valence-corrected chi connectivity index (χ0v) is 9.76. The van der Waals surface area contributed by atoms with Crippen molar-refractivity contribution in [3.8, 4) is 0 Å². The fourth-order valence-corrected chi connectivity index (χ4v) is 2.91. The summed E-state index contributed by atoms with van der Waals surface area (Å²) in [6, 6.07) is 8.59. The normalized spacial score (nSPS) is 19.8. The van der Waals surface area contributed by atoms with E-state index >= 15 is 0 Å². The van der Waals surface area contributed by atoms with Crippen LogP contribution in [0.25, 0.3) is 0 Å². The molecule has 0 aromatic heterocycles. The maximum Gasteiger partial charge on any atom is 0.178 e. The van der Waals surface area contributed by atoms with Crippen LogP contribution >= 0.6 is 15.9 Å². The highest BCUT2D eigenvalue weighted by Gasteiger charge is 2.40. The lowest BCUT2D eigenvalue weighted by atomic mass is 9.25. The summed E-state index contributed by atoms with van der Waals surface area (Å²) < 4.78 is 1.27. The molecule has 0 amide bonds. The number of benzene rings is 1. The van der Waals surface area contributed by atoms with Crippen molar-refractivity contribution in [1.29, 1.82) is 0 Å². The first-order valence-corrected chi connectivity index (χ1v) is 5.62. The zero-order valence-electron chi connectivity index (χ0n) is 8.18. The van der Waals surface area contributed by atoms with Gasteiger partial charge in [0.25, 0.3) is 0 Å². The molecule has 0 spiro atoms. The largest absolute Gasteiger partial charge is 0.178 e. The van der Waals surface area contributed by atoms with Gasteiger partial charge in [-0.05, 0) is 11.5 Å². The van der Waals surface area contributed by atoms with E-state index < -0.39 is 0 Å². The van der Waals surface area contributed by atoms with E-state index in [1.807, 2.05) is 0 Å². The van der Waals surface area contributed by atoms with Gasteiger partial charge in [-0.2, -0.15) is 0 Å². The summed E-state index contributed by atoms with van der Waals surface area (Å²) in [7, 11) is 0. The lowest BCUT2D eigenvalue weighted by Crippen LogP contribution is -2.47. The molecule has 68 valence electrons. The van der Waals surface area contributed by atoms with Crippen molar-refractivity contribution in [1.82, 2.24) is 0 Å². The van der Waals surface area contributed by atoms with Crippen LogP contribution < -0.4 is 5.46 Å². The first-order valence-electron chi connectivity index (χ1n) is 4.83. The highest BCUT2D eigenvalue weighted by molar-refractivity contribution is 9.10. The van der Waals surface area contributed by atoms with Gasteiger partial charge in [-0.25, -0.2) is 0 Å². The third-order valence-electron chi connectivity index (χ3n) is 2.94. The maximum absolute atomic E-state index is 3.61. The summed E-state index contributed by atoms with van der Waals surface area (Å²) in [5, 5.41) is 0. The summed E-state index contributed by atoms with van der Waals surface area (Å²) in [5.41, 5.74) is 2.06. The standard InChI is InChI=1S/C11H14BBr/c1-11(2)7-12(8-11)9-5-3-4-6-10(9)13/h3-6H,7-8H2,1-2H3. The number of hydrogen-bond acceptors (Lipinski definition) is 0. The third kappa shape index (κ3) is 1.83. The number of hydrogen-bond donors (Lipinski definition) is 0. The molecule has 1 saturated heterocycles. The van der Waals surface area contributed by atoms with E-state index in [0.717, 1.165) is 6.71 Å². The minimum atomic E-state index is 0.569. The molecule has 0 radical (unpaired) electrons. The Balaban J connectivity index is 2.16. The Morgan fingerprint density at radius 1 is 1.23 bits per heavy atom. The first kappa shape index (κ1) is 9.33. The van der Waals surface area contributed by atoms with E-state index in [2.05, 4.69) is 54.0 Å². The van der Waals surface area contributed by atoms with E-state index in [0.29, 0.717) is 5.41 Å². The van der Waals surface area contributed by atoms with E-state index in [4.69, 9.17) is 0 Å². The quantitative estimate of drug-likeness (QED) is 0.658. The van der Waals surface area contributed by atoms with Crippen molar-refractivity contribution in [2.45, 2.75) is 26.5 Å². The topological polar surface area (TPSA) is 0 Å². The molecular formula is C11H14BBr. The van der Waals surface area contributed by atoms with Crippen molar-refractivity contribution < 1.29 is 0 Å². The molecule has 0 nitrogen and oxygen atoms in total.